The summed E-state index contributed by atoms with van der Waals surface area (Å²) in [5.74, 6) is 0. The van der Waals surface area contributed by atoms with Gasteiger partial charge in [0.05, 0.1) is 21.2 Å². The largest absolute Gasteiger partial charge is 0.280 e. The van der Waals surface area contributed by atoms with Gasteiger partial charge >= 0.3 is 0 Å². The molecule has 0 spiro atoms. The van der Waals surface area contributed by atoms with E-state index in [2.05, 4.69) is 4.72 Å². The van der Waals surface area contributed by atoms with Crippen molar-refractivity contribution in [3.8, 4) is 0 Å². The highest BCUT2D eigenvalue weighted by molar-refractivity contribution is 7.93. The molecule has 0 saturated heterocycles. The lowest BCUT2D eigenvalue weighted by Gasteiger charge is -2.31. The lowest BCUT2D eigenvalue weighted by Crippen LogP contribution is -2.35. The van der Waals surface area contributed by atoms with Gasteiger partial charge in [-0.3, -0.25) is 9.03 Å². The van der Waals surface area contributed by atoms with Crippen molar-refractivity contribution in [1.82, 2.24) is 0 Å². The van der Waals surface area contributed by atoms with E-state index < -0.39 is 20.0 Å². The third-order valence-corrected chi connectivity index (χ3v) is 9.22. The first kappa shape index (κ1) is 22.4. The second-order valence-corrected chi connectivity index (χ2v) is 11.7. The van der Waals surface area contributed by atoms with Crippen LogP contribution in [0.15, 0.2) is 70.5 Å². The van der Waals surface area contributed by atoms with Crippen LogP contribution >= 0.6 is 0 Å². The Balaban J connectivity index is 1.72. The van der Waals surface area contributed by atoms with Gasteiger partial charge in [0, 0.05) is 6.54 Å². The first-order valence-corrected chi connectivity index (χ1v) is 13.3. The maximum Gasteiger partial charge on any atom is 0.264 e. The van der Waals surface area contributed by atoms with Crippen LogP contribution in [-0.4, -0.2) is 23.4 Å². The Hall–Kier alpha value is -2.84. The number of anilines is 2. The summed E-state index contributed by atoms with van der Waals surface area (Å²) in [4.78, 5) is 0.427. The molecule has 0 saturated carbocycles. The molecule has 0 bridgehead atoms. The van der Waals surface area contributed by atoms with Gasteiger partial charge in [0.25, 0.3) is 20.0 Å². The molecule has 0 aromatic heterocycles. The van der Waals surface area contributed by atoms with Crippen LogP contribution in [0, 0.1) is 20.8 Å². The molecular weight excluding hydrogens is 444 g/mol. The molecule has 0 radical (unpaired) electrons. The van der Waals surface area contributed by atoms with Crippen LogP contribution < -0.4 is 9.03 Å². The molecule has 1 aliphatic rings. The molecule has 168 valence electrons. The zero-order chi connectivity index (χ0) is 23.1. The lowest BCUT2D eigenvalue weighted by atomic mass is 10.0. The maximum absolute atomic E-state index is 13.3. The summed E-state index contributed by atoms with van der Waals surface area (Å²) in [6, 6.07) is 17.0. The SMILES string of the molecule is Cc1ccc(S(=O)(=O)N2CCCc3ccc(NS(=O)(=O)c4cccc(C)c4C)cc32)cc1. The average molecular weight is 471 g/mol. The number of rotatable bonds is 5. The summed E-state index contributed by atoms with van der Waals surface area (Å²) in [7, 11) is -7.58. The van der Waals surface area contributed by atoms with Crippen molar-refractivity contribution in [3.63, 3.8) is 0 Å². The van der Waals surface area contributed by atoms with Crippen molar-refractivity contribution in [2.24, 2.45) is 0 Å². The molecule has 6 nitrogen and oxygen atoms in total. The summed E-state index contributed by atoms with van der Waals surface area (Å²) in [5, 5.41) is 0. The highest BCUT2D eigenvalue weighted by atomic mass is 32.2. The molecular formula is C24H26N2O4S2. The van der Waals surface area contributed by atoms with Crippen molar-refractivity contribution in [1.29, 1.82) is 0 Å². The number of hydrogen-bond acceptors (Lipinski definition) is 4. The molecule has 3 aromatic rings. The van der Waals surface area contributed by atoms with Crippen molar-refractivity contribution in [2.45, 2.75) is 43.4 Å². The van der Waals surface area contributed by atoms with E-state index in [0.29, 0.717) is 29.9 Å². The Kier molecular flexibility index (Phi) is 5.77. The summed E-state index contributed by atoms with van der Waals surface area (Å²) in [5.41, 5.74) is 4.26. The van der Waals surface area contributed by atoms with Crippen LogP contribution in [0.25, 0.3) is 0 Å². The zero-order valence-corrected chi connectivity index (χ0v) is 19.9. The maximum atomic E-state index is 13.3. The molecule has 1 aliphatic heterocycles. The topological polar surface area (TPSA) is 83.6 Å². The number of nitrogens with zero attached hydrogens (tertiary/aromatic N) is 1. The fourth-order valence-electron chi connectivity index (χ4n) is 3.92. The summed E-state index contributed by atoms with van der Waals surface area (Å²) in [6.45, 7) is 5.88. The molecule has 1 heterocycles. The van der Waals surface area contributed by atoms with Gasteiger partial charge in [-0.15, -0.1) is 0 Å². The fraction of sp³-hybridized carbons (Fsp3) is 0.250. The lowest BCUT2D eigenvalue weighted by molar-refractivity contribution is 0.586. The van der Waals surface area contributed by atoms with E-state index in [1.54, 1.807) is 61.5 Å². The molecule has 32 heavy (non-hydrogen) atoms. The minimum atomic E-state index is -3.82. The van der Waals surface area contributed by atoms with Crippen LogP contribution in [0.4, 0.5) is 11.4 Å². The Morgan fingerprint density at radius 1 is 0.875 bits per heavy atom. The van der Waals surface area contributed by atoms with Crippen LogP contribution in [0.2, 0.25) is 0 Å². The molecule has 0 aliphatic carbocycles. The third kappa shape index (κ3) is 4.12. The Morgan fingerprint density at radius 3 is 2.31 bits per heavy atom. The highest BCUT2D eigenvalue weighted by Gasteiger charge is 2.30. The second-order valence-electron chi connectivity index (χ2n) is 8.14. The summed E-state index contributed by atoms with van der Waals surface area (Å²) in [6.07, 6.45) is 1.44. The molecule has 0 fully saturated rings. The van der Waals surface area contributed by atoms with Crippen molar-refractivity contribution in [2.75, 3.05) is 15.6 Å². The van der Waals surface area contributed by atoms with Crippen LogP contribution in [0.3, 0.4) is 0 Å². The van der Waals surface area contributed by atoms with Crippen LogP contribution in [0.5, 0.6) is 0 Å². The zero-order valence-electron chi connectivity index (χ0n) is 18.3. The van der Waals surface area contributed by atoms with E-state index >= 15 is 0 Å². The number of hydrogen-bond donors (Lipinski definition) is 1. The fourth-order valence-corrected chi connectivity index (χ4v) is 6.82. The van der Waals surface area contributed by atoms with E-state index in [4.69, 9.17) is 0 Å². The van der Waals surface area contributed by atoms with Crippen LogP contribution in [-0.2, 0) is 26.5 Å². The summed E-state index contributed by atoms with van der Waals surface area (Å²) < 4.78 is 56.8. The number of aryl methyl sites for hydroxylation is 3. The second kappa shape index (κ2) is 8.26. The standard InChI is InChI=1S/C24H26N2O4S2/c1-17-9-13-22(14-10-17)32(29,30)26-15-5-7-20-11-12-21(16-23(20)26)25-31(27,28)24-8-4-6-18(2)19(24)3/h4,6,8-14,16,25H,5,7,15H2,1-3H3. The smallest absolute Gasteiger partial charge is 0.264 e. The van der Waals surface area contributed by atoms with Gasteiger partial charge in [-0.2, -0.15) is 0 Å². The monoisotopic (exact) mass is 470 g/mol. The Bertz CT molecular complexity index is 1380. The van der Waals surface area contributed by atoms with Gasteiger partial charge < -0.3 is 0 Å². The Morgan fingerprint density at radius 2 is 1.59 bits per heavy atom. The van der Waals surface area contributed by atoms with E-state index in [0.717, 1.165) is 23.1 Å². The van der Waals surface area contributed by atoms with E-state index in [1.165, 1.54) is 4.31 Å². The predicted octanol–water partition coefficient (Wildman–Crippen LogP) is 4.55. The van der Waals surface area contributed by atoms with Crippen molar-refractivity contribution in [3.05, 3.63) is 82.9 Å². The van der Waals surface area contributed by atoms with Gasteiger partial charge in [0.15, 0.2) is 0 Å². The normalized spacial score (nSPS) is 14.2. The predicted molar refractivity (Wildman–Crippen MR) is 127 cm³/mol. The minimum Gasteiger partial charge on any atom is -0.280 e. The molecule has 3 aromatic carbocycles. The average Bonchev–Trinajstić information content (AvgIpc) is 2.75. The van der Waals surface area contributed by atoms with Gasteiger partial charge in [-0.05, 0) is 80.6 Å². The number of sulfonamides is 2. The van der Waals surface area contributed by atoms with Gasteiger partial charge in [-0.1, -0.05) is 35.9 Å². The van der Waals surface area contributed by atoms with Crippen LogP contribution in [0.1, 0.15) is 28.7 Å². The molecule has 0 unspecified atom stereocenters. The van der Waals surface area contributed by atoms with E-state index in [9.17, 15) is 16.8 Å². The first-order chi connectivity index (χ1) is 15.1. The molecule has 0 amide bonds. The number of nitrogens with one attached hydrogen (secondary N) is 1. The van der Waals surface area contributed by atoms with Crippen molar-refractivity contribution >= 4 is 31.4 Å². The van der Waals surface area contributed by atoms with Gasteiger partial charge in [0.1, 0.15) is 0 Å². The van der Waals surface area contributed by atoms with Crippen molar-refractivity contribution < 1.29 is 16.8 Å². The Labute approximate surface area is 190 Å². The van der Waals surface area contributed by atoms with Gasteiger partial charge in [0.2, 0.25) is 0 Å². The highest BCUT2D eigenvalue weighted by Crippen LogP contribution is 2.35. The quantitative estimate of drug-likeness (QED) is 0.593. The number of benzene rings is 3. The third-order valence-electron chi connectivity index (χ3n) is 5.87. The molecule has 0 atom stereocenters. The molecule has 4 rings (SSSR count). The van der Waals surface area contributed by atoms with Gasteiger partial charge in [-0.25, -0.2) is 16.8 Å². The molecule has 8 heteroatoms. The first-order valence-electron chi connectivity index (χ1n) is 10.4. The van der Waals surface area contributed by atoms with E-state index in [-0.39, 0.29) is 9.79 Å². The van der Waals surface area contributed by atoms with E-state index in [1.807, 2.05) is 19.9 Å². The molecule has 1 N–H and O–H groups in total. The number of fused-ring (bicyclic) bond motifs is 1. The minimum absolute atomic E-state index is 0.208. The summed E-state index contributed by atoms with van der Waals surface area (Å²) >= 11 is 0.